The van der Waals surface area contributed by atoms with E-state index in [0.717, 1.165) is 19.4 Å². The minimum absolute atomic E-state index is 0.0283. The number of rotatable bonds is 2. The van der Waals surface area contributed by atoms with E-state index >= 15 is 0 Å². The summed E-state index contributed by atoms with van der Waals surface area (Å²) in [6, 6.07) is 5.21. The summed E-state index contributed by atoms with van der Waals surface area (Å²) in [4.78, 5) is 28.7. The van der Waals surface area contributed by atoms with Crippen molar-refractivity contribution >= 4 is 11.8 Å². The van der Waals surface area contributed by atoms with E-state index in [2.05, 4.69) is 5.32 Å². The zero-order valence-corrected chi connectivity index (χ0v) is 13.5. The maximum atomic E-state index is 12.6. The van der Waals surface area contributed by atoms with Gasteiger partial charge in [-0.3, -0.25) is 9.59 Å². The van der Waals surface area contributed by atoms with E-state index < -0.39 is 0 Å². The Morgan fingerprint density at radius 1 is 1.04 bits per heavy atom. The molecule has 0 aromatic heterocycles. The molecule has 3 aliphatic rings. The predicted octanol–water partition coefficient (Wildman–Crippen LogP) is 0.452. The maximum Gasteiger partial charge on any atom is 0.254 e. The molecule has 3 aliphatic heterocycles. The molecule has 0 saturated carbocycles. The minimum Gasteiger partial charge on any atom is -0.454 e. The molecule has 1 aromatic rings. The number of amides is 2. The Balaban J connectivity index is 1.37. The Labute approximate surface area is 140 Å². The van der Waals surface area contributed by atoms with Crippen LogP contribution in [0.25, 0.3) is 0 Å². The lowest BCUT2D eigenvalue weighted by atomic mass is 10.1. The summed E-state index contributed by atoms with van der Waals surface area (Å²) in [6.45, 7) is 3.42. The average molecular weight is 331 g/mol. The van der Waals surface area contributed by atoms with E-state index in [4.69, 9.17) is 9.47 Å². The third kappa shape index (κ3) is 2.80. The molecule has 0 aliphatic carbocycles. The molecular weight excluding hydrogens is 310 g/mol. The van der Waals surface area contributed by atoms with Crippen molar-refractivity contribution in [3.63, 3.8) is 0 Å². The van der Waals surface area contributed by atoms with Gasteiger partial charge in [-0.15, -0.1) is 0 Å². The first-order chi connectivity index (χ1) is 11.7. The molecule has 128 valence electrons. The molecule has 0 spiro atoms. The van der Waals surface area contributed by atoms with Gasteiger partial charge in [0.1, 0.15) is 0 Å². The van der Waals surface area contributed by atoms with Crippen molar-refractivity contribution in [1.29, 1.82) is 0 Å². The van der Waals surface area contributed by atoms with Gasteiger partial charge >= 0.3 is 0 Å². The molecule has 24 heavy (non-hydrogen) atoms. The largest absolute Gasteiger partial charge is 0.454 e. The first kappa shape index (κ1) is 15.3. The number of nitrogens with one attached hydrogen (secondary N) is 1. The van der Waals surface area contributed by atoms with Crippen molar-refractivity contribution in [2.75, 3.05) is 39.5 Å². The van der Waals surface area contributed by atoms with Gasteiger partial charge in [0.2, 0.25) is 12.7 Å². The van der Waals surface area contributed by atoms with Crippen LogP contribution in [-0.4, -0.2) is 67.2 Å². The summed E-state index contributed by atoms with van der Waals surface area (Å²) in [5.74, 6) is 1.43. The van der Waals surface area contributed by atoms with E-state index in [-0.39, 0.29) is 24.6 Å². The second kappa shape index (κ2) is 6.32. The lowest BCUT2D eigenvalue weighted by Gasteiger charge is -2.36. The Kier molecular flexibility index (Phi) is 4.02. The average Bonchev–Trinajstić information content (AvgIpc) is 3.31. The Hall–Kier alpha value is -2.28. The molecule has 1 atom stereocenters. The van der Waals surface area contributed by atoms with E-state index in [0.29, 0.717) is 43.2 Å². The second-order valence-corrected chi connectivity index (χ2v) is 6.33. The molecule has 3 heterocycles. The van der Waals surface area contributed by atoms with E-state index in [1.807, 2.05) is 4.90 Å². The Morgan fingerprint density at radius 3 is 2.54 bits per heavy atom. The standard InChI is InChI=1S/C17H21N3O4/c21-16(12-3-4-14-15(10-12)24-11-23-14)19-6-8-20(9-7-19)17(22)13-2-1-5-18-13/h3-4,10,13,18H,1-2,5-9,11H2. The monoisotopic (exact) mass is 331 g/mol. The van der Waals surface area contributed by atoms with Gasteiger partial charge in [-0.1, -0.05) is 0 Å². The topological polar surface area (TPSA) is 71.1 Å². The van der Waals surface area contributed by atoms with Crippen LogP contribution in [0.3, 0.4) is 0 Å². The smallest absolute Gasteiger partial charge is 0.254 e. The highest BCUT2D eigenvalue weighted by molar-refractivity contribution is 5.95. The van der Waals surface area contributed by atoms with Crippen LogP contribution in [0.2, 0.25) is 0 Å². The predicted molar refractivity (Wildman–Crippen MR) is 86.1 cm³/mol. The zero-order valence-electron chi connectivity index (χ0n) is 13.5. The number of nitrogens with zero attached hydrogens (tertiary/aromatic N) is 2. The van der Waals surface area contributed by atoms with Crippen molar-refractivity contribution in [3.8, 4) is 11.5 Å². The Morgan fingerprint density at radius 2 is 1.79 bits per heavy atom. The van der Waals surface area contributed by atoms with Gasteiger partial charge in [0.25, 0.3) is 5.91 Å². The fraction of sp³-hybridized carbons (Fsp3) is 0.529. The first-order valence-electron chi connectivity index (χ1n) is 8.43. The highest BCUT2D eigenvalue weighted by atomic mass is 16.7. The van der Waals surface area contributed by atoms with Crippen molar-refractivity contribution < 1.29 is 19.1 Å². The third-order valence-corrected chi connectivity index (χ3v) is 4.86. The minimum atomic E-state index is -0.0406. The number of hydrogen-bond acceptors (Lipinski definition) is 5. The van der Waals surface area contributed by atoms with Crippen LogP contribution in [0.5, 0.6) is 11.5 Å². The highest BCUT2D eigenvalue weighted by Crippen LogP contribution is 2.32. The molecule has 7 heteroatoms. The number of ether oxygens (including phenoxy) is 2. The fourth-order valence-corrected chi connectivity index (χ4v) is 3.46. The molecule has 1 unspecified atom stereocenters. The third-order valence-electron chi connectivity index (χ3n) is 4.86. The molecule has 2 saturated heterocycles. The van der Waals surface area contributed by atoms with Crippen molar-refractivity contribution in [2.45, 2.75) is 18.9 Å². The van der Waals surface area contributed by atoms with Gasteiger partial charge in [0, 0.05) is 31.7 Å². The van der Waals surface area contributed by atoms with Gasteiger partial charge in [-0.05, 0) is 37.6 Å². The normalized spacial score (nSPS) is 22.8. The lowest BCUT2D eigenvalue weighted by molar-refractivity contribution is -0.134. The number of carbonyl (C=O) groups excluding carboxylic acids is 2. The molecule has 0 bridgehead atoms. The van der Waals surface area contributed by atoms with E-state index in [1.165, 1.54) is 0 Å². The van der Waals surface area contributed by atoms with Gasteiger partial charge < -0.3 is 24.6 Å². The molecule has 2 amide bonds. The van der Waals surface area contributed by atoms with Crippen LogP contribution < -0.4 is 14.8 Å². The Bertz CT molecular complexity index is 649. The van der Waals surface area contributed by atoms with Crippen LogP contribution in [0.4, 0.5) is 0 Å². The highest BCUT2D eigenvalue weighted by Gasteiger charge is 2.30. The van der Waals surface area contributed by atoms with Crippen LogP contribution >= 0.6 is 0 Å². The molecule has 4 rings (SSSR count). The zero-order chi connectivity index (χ0) is 16.5. The number of piperazine rings is 1. The summed E-state index contributed by atoms with van der Waals surface area (Å²) in [7, 11) is 0. The summed E-state index contributed by atoms with van der Waals surface area (Å²) >= 11 is 0. The lowest BCUT2D eigenvalue weighted by Crippen LogP contribution is -2.54. The van der Waals surface area contributed by atoms with Crippen molar-refractivity contribution in [1.82, 2.24) is 15.1 Å². The van der Waals surface area contributed by atoms with Gasteiger partial charge in [-0.25, -0.2) is 0 Å². The van der Waals surface area contributed by atoms with Crippen LogP contribution in [0.1, 0.15) is 23.2 Å². The van der Waals surface area contributed by atoms with Crippen LogP contribution in [0.15, 0.2) is 18.2 Å². The van der Waals surface area contributed by atoms with Gasteiger partial charge in [0.05, 0.1) is 6.04 Å². The fourth-order valence-electron chi connectivity index (χ4n) is 3.46. The maximum absolute atomic E-state index is 12.6. The SMILES string of the molecule is O=C(c1ccc2c(c1)OCO2)N1CCN(C(=O)C2CCCN2)CC1. The van der Waals surface area contributed by atoms with E-state index in [1.54, 1.807) is 23.1 Å². The molecule has 7 nitrogen and oxygen atoms in total. The number of hydrogen-bond donors (Lipinski definition) is 1. The quantitative estimate of drug-likeness (QED) is 0.852. The molecular formula is C17H21N3O4. The molecule has 1 aromatic carbocycles. The van der Waals surface area contributed by atoms with Crippen molar-refractivity contribution in [3.05, 3.63) is 23.8 Å². The summed E-state index contributed by atoms with van der Waals surface area (Å²) in [6.07, 6.45) is 1.97. The van der Waals surface area contributed by atoms with E-state index in [9.17, 15) is 9.59 Å². The number of carbonyl (C=O) groups is 2. The molecule has 2 fully saturated rings. The first-order valence-corrected chi connectivity index (χ1v) is 8.43. The number of fused-ring (bicyclic) bond motifs is 1. The van der Waals surface area contributed by atoms with Crippen LogP contribution in [0, 0.1) is 0 Å². The van der Waals surface area contributed by atoms with Crippen molar-refractivity contribution in [2.24, 2.45) is 0 Å². The van der Waals surface area contributed by atoms with Gasteiger partial charge in [0.15, 0.2) is 11.5 Å². The number of benzene rings is 1. The molecule has 0 radical (unpaired) electrons. The molecule has 1 N–H and O–H groups in total. The van der Waals surface area contributed by atoms with Gasteiger partial charge in [-0.2, -0.15) is 0 Å². The van der Waals surface area contributed by atoms with Crippen LogP contribution in [-0.2, 0) is 4.79 Å². The summed E-state index contributed by atoms with van der Waals surface area (Å²) in [5.41, 5.74) is 0.594. The second-order valence-electron chi connectivity index (χ2n) is 6.33. The summed E-state index contributed by atoms with van der Waals surface area (Å²) in [5, 5.41) is 3.24. The summed E-state index contributed by atoms with van der Waals surface area (Å²) < 4.78 is 10.6.